The Kier molecular flexibility index (Phi) is 4.29. The molecule has 2 heterocycles. The standard InChI is InChI=1S/C15H17Cl2N3/c16-10-5-6-11(12(17)8-10)14-9-19-15(20-14)13-4-2-1-3-7-18-13/h5-6,8-9,13,18H,1-4,7H2,(H,19,20). The van der Waals surface area contributed by atoms with Crippen LogP contribution in [0.5, 0.6) is 0 Å². The average molecular weight is 310 g/mol. The van der Waals surface area contributed by atoms with Crippen LogP contribution in [-0.2, 0) is 0 Å². The minimum Gasteiger partial charge on any atom is -0.341 e. The Morgan fingerprint density at radius 1 is 1.15 bits per heavy atom. The smallest absolute Gasteiger partial charge is 0.123 e. The molecule has 3 nitrogen and oxygen atoms in total. The predicted octanol–water partition coefficient (Wildman–Crippen LogP) is 4.59. The van der Waals surface area contributed by atoms with Gasteiger partial charge in [-0.1, -0.05) is 36.0 Å². The van der Waals surface area contributed by atoms with Gasteiger partial charge in [0.2, 0.25) is 0 Å². The van der Waals surface area contributed by atoms with Crippen LogP contribution in [-0.4, -0.2) is 16.5 Å². The van der Waals surface area contributed by atoms with Crippen molar-refractivity contribution in [1.82, 2.24) is 15.3 Å². The Bertz CT molecular complexity index is 587. The molecule has 2 aromatic rings. The van der Waals surface area contributed by atoms with E-state index in [9.17, 15) is 0 Å². The molecule has 0 aliphatic carbocycles. The van der Waals surface area contributed by atoms with Gasteiger partial charge in [0.25, 0.3) is 0 Å². The van der Waals surface area contributed by atoms with E-state index in [0.29, 0.717) is 16.1 Å². The van der Waals surface area contributed by atoms with E-state index < -0.39 is 0 Å². The van der Waals surface area contributed by atoms with Crippen LogP contribution in [0.4, 0.5) is 0 Å². The lowest BCUT2D eigenvalue weighted by Gasteiger charge is -2.12. The lowest BCUT2D eigenvalue weighted by atomic mass is 10.1. The largest absolute Gasteiger partial charge is 0.341 e. The molecule has 106 valence electrons. The summed E-state index contributed by atoms with van der Waals surface area (Å²) in [6.45, 7) is 1.06. The first-order valence-corrected chi connectivity index (χ1v) is 7.73. The van der Waals surface area contributed by atoms with E-state index in [-0.39, 0.29) is 0 Å². The second kappa shape index (κ2) is 6.17. The zero-order chi connectivity index (χ0) is 13.9. The van der Waals surface area contributed by atoms with Crippen LogP contribution in [0.1, 0.15) is 37.5 Å². The van der Waals surface area contributed by atoms with Crippen LogP contribution >= 0.6 is 23.2 Å². The summed E-state index contributed by atoms with van der Waals surface area (Å²) in [7, 11) is 0. The van der Waals surface area contributed by atoms with Gasteiger partial charge >= 0.3 is 0 Å². The van der Waals surface area contributed by atoms with Gasteiger partial charge in [-0.05, 0) is 37.6 Å². The SMILES string of the molecule is Clc1ccc(-c2cnc(C3CCCCCN3)[nH]2)c(Cl)c1. The van der Waals surface area contributed by atoms with Gasteiger partial charge in [-0.15, -0.1) is 0 Å². The number of nitrogens with one attached hydrogen (secondary N) is 2. The third-order valence-electron chi connectivity index (χ3n) is 3.71. The zero-order valence-corrected chi connectivity index (χ0v) is 12.6. The van der Waals surface area contributed by atoms with Crippen molar-refractivity contribution in [3.8, 4) is 11.3 Å². The van der Waals surface area contributed by atoms with Crippen LogP contribution in [0.15, 0.2) is 24.4 Å². The van der Waals surface area contributed by atoms with Crippen molar-refractivity contribution in [2.75, 3.05) is 6.54 Å². The second-order valence-corrected chi connectivity index (χ2v) is 6.01. The summed E-state index contributed by atoms with van der Waals surface area (Å²) in [5.41, 5.74) is 1.87. The highest BCUT2D eigenvalue weighted by Gasteiger charge is 2.17. The quantitative estimate of drug-likeness (QED) is 0.852. The van der Waals surface area contributed by atoms with Crippen molar-refractivity contribution in [1.29, 1.82) is 0 Å². The summed E-state index contributed by atoms with van der Waals surface area (Å²) in [5, 5.41) is 4.82. The Morgan fingerprint density at radius 3 is 2.90 bits per heavy atom. The van der Waals surface area contributed by atoms with Crippen LogP contribution in [0, 0.1) is 0 Å². The summed E-state index contributed by atoms with van der Waals surface area (Å²) in [5.74, 6) is 0.993. The molecule has 3 rings (SSSR count). The van der Waals surface area contributed by atoms with E-state index in [4.69, 9.17) is 23.2 Å². The van der Waals surface area contributed by atoms with Gasteiger partial charge in [0, 0.05) is 10.6 Å². The maximum absolute atomic E-state index is 6.24. The highest BCUT2D eigenvalue weighted by Crippen LogP contribution is 2.30. The van der Waals surface area contributed by atoms with Crippen molar-refractivity contribution < 1.29 is 0 Å². The summed E-state index contributed by atoms with van der Waals surface area (Å²) in [6, 6.07) is 5.83. The van der Waals surface area contributed by atoms with Crippen LogP contribution in [0.3, 0.4) is 0 Å². The highest BCUT2D eigenvalue weighted by atomic mass is 35.5. The van der Waals surface area contributed by atoms with Crippen molar-refractivity contribution in [2.24, 2.45) is 0 Å². The molecule has 1 unspecified atom stereocenters. The van der Waals surface area contributed by atoms with E-state index in [0.717, 1.165) is 30.0 Å². The second-order valence-electron chi connectivity index (χ2n) is 5.16. The molecule has 1 aliphatic heterocycles. The molecule has 0 radical (unpaired) electrons. The van der Waals surface area contributed by atoms with E-state index in [1.54, 1.807) is 6.07 Å². The van der Waals surface area contributed by atoms with Gasteiger partial charge in [0.1, 0.15) is 5.82 Å². The summed E-state index contributed by atoms with van der Waals surface area (Å²) in [6.07, 6.45) is 6.75. The number of hydrogen-bond acceptors (Lipinski definition) is 2. The first-order chi connectivity index (χ1) is 9.74. The normalized spacial score (nSPS) is 19.8. The molecule has 1 saturated heterocycles. The van der Waals surface area contributed by atoms with Crippen LogP contribution < -0.4 is 5.32 Å². The Labute approximate surface area is 128 Å². The van der Waals surface area contributed by atoms with Gasteiger partial charge in [-0.3, -0.25) is 0 Å². The molecule has 1 aromatic heterocycles. The minimum absolute atomic E-state index is 0.317. The third-order valence-corrected chi connectivity index (χ3v) is 4.25. The number of imidazole rings is 1. The molecule has 1 aliphatic rings. The summed E-state index contributed by atoms with van der Waals surface area (Å²) >= 11 is 12.2. The van der Waals surface area contributed by atoms with Crippen molar-refractivity contribution >= 4 is 23.2 Å². The van der Waals surface area contributed by atoms with E-state index in [1.807, 2.05) is 18.3 Å². The summed E-state index contributed by atoms with van der Waals surface area (Å²) in [4.78, 5) is 7.90. The number of rotatable bonds is 2. The maximum atomic E-state index is 6.24. The van der Waals surface area contributed by atoms with Crippen molar-refractivity contribution in [3.63, 3.8) is 0 Å². The molecule has 5 heteroatoms. The molecular weight excluding hydrogens is 293 g/mol. The molecule has 0 saturated carbocycles. The van der Waals surface area contributed by atoms with Crippen LogP contribution in [0.25, 0.3) is 11.3 Å². The number of nitrogens with zero attached hydrogens (tertiary/aromatic N) is 1. The Morgan fingerprint density at radius 2 is 2.05 bits per heavy atom. The third kappa shape index (κ3) is 3.00. The average Bonchev–Trinajstić information content (AvgIpc) is 2.74. The fourth-order valence-electron chi connectivity index (χ4n) is 2.62. The van der Waals surface area contributed by atoms with Gasteiger partial charge < -0.3 is 10.3 Å². The maximum Gasteiger partial charge on any atom is 0.123 e. The lowest BCUT2D eigenvalue weighted by Crippen LogP contribution is -2.21. The number of halogens is 2. The molecule has 1 fully saturated rings. The van der Waals surface area contributed by atoms with E-state index in [1.165, 1.54) is 19.3 Å². The summed E-state index contributed by atoms with van der Waals surface area (Å²) < 4.78 is 0. The molecule has 0 bridgehead atoms. The minimum atomic E-state index is 0.317. The molecule has 0 amide bonds. The van der Waals surface area contributed by atoms with Gasteiger partial charge in [0.15, 0.2) is 0 Å². The molecule has 1 atom stereocenters. The highest BCUT2D eigenvalue weighted by molar-refractivity contribution is 6.36. The van der Waals surface area contributed by atoms with E-state index >= 15 is 0 Å². The first-order valence-electron chi connectivity index (χ1n) is 6.98. The number of benzene rings is 1. The molecular formula is C15H17Cl2N3. The number of aromatic amines is 1. The fourth-order valence-corrected chi connectivity index (χ4v) is 3.13. The number of hydrogen-bond donors (Lipinski definition) is 2. The van der Waals surface area contributed by atoms with Gasteiger partial charge in [-0.25, -0.2) is 4.98 Å². The Hall–Kier alpha value is -1.03. The molecule has 1 aromatic carbocycles. The predicted molar refractivity (Wildman–Crippen MR) is 83.3 cm³/mol. The molecule has 2 N–H and O–H groups in total. The van der Waals surface area contributed by atoms with E-state index in [2.05, 4.69) is 15.3 Å². The topological polar surface area (TPSA) is 40.7 Å². The number of aromatic nitrogens is 2. The van der Waals surface area contributed by atoms with Crippen molar-refractivity contribution in [2.45, 2.75) is 31.7 Å². The monoisotopic (exact) mass is 309 g/mol. The Balaban J connectivity index is 1.85. The molecule has 0 spiro atoms. The van der Waals surface area contributed by atoms with Gasteiger partial charge in [-0.2, -0.15) is 0 Å². The number of H-pyrrole nitrogens is 1. The zero-order valence-electron chi connectivity index (χ0n) is 11.1. The molecule has 20 heavy (non-hydrogen) atoms. The first kappa shape index (κ1) is 13.9. The van der Waals surface area contributed by atoms with Crippen molar-refractivity contribution in [3.05, 3.63) is 40.3 Å². The lowest BCUT2D eigenvalue weighted by molar-refractivity contribution is 0.512. The van der Waals surface area contributed by atoms with Crippen LogP contribution in [0.2, 0.25) is 10.0 Å². The fraction of sp³-hybridized carbons (Fsp3) is 0.400. The van der Waals surface area contributed by atoms with Gasteiger partial charge in [0.05, 0.1) is 23.0 Å².